The van der Waals surface area contributed by atoms with Crippen LogP contribution in [0.25, 0.3) is 0 Å². The molecule has 1 aromatic carbocycles. The van der Waals surface area contributed by atoms with E-state index < -0.39 is 5.60 Å². The molecule has 6 heteroatoms. The van der Waals surface area contributed by atoms with Gasteiger partial charge in [0.05, 0.1) is 12.1 Å². The van der Waals surface area contributed by atoms with E-state index in [1.165, 1.54) is 0 Å². The molecule has 3 N–H and O–H groups in total. The molecule has 0 amide bonds. The highest BCUT2D eigenvalue weighted by atomic mass is 127. The summed E-state index contributed by atoms with van der Waals surface area (Å²) in [7, 11) is 0. The maximum Gasteiger partial charge on any atom is 0.191 e. The molecule has 0 unspecified atom stereocenters. The normalized spacial score (nSPS) is 17.0. The Morgan fingerprint density at radius 2 is 1.95 bits per heavy atom. The van der Waals surface area contributed by atoms with Gasteiger partial charge in [-0.3, -0.25) is 0 Å². The van der Waals surface area contributed by atoms with Gasteiger partial charge >= 0.3 is 0 Å². The van der Waals surface area contributed by atoms with Gasteiger partial charge < -0.3 is 15.7 Å². The minimum atomic E-state index is -0.583. The van der Waals surface area contributed by atoms with Gasteiger partial charge in [-0.25, -0.2) is 4.99 Å². The maximum absolute atomic E-state index is 10.4. The summed E-state index contributed by atoms with van der Waals surface area (Å²) in [6.45, 7) is 3.87. The summed E-state index contributed by atoms with van der Waals surface area (Å²) in [6, 6.07) is 7.71. The first-order chi connectivity index (χ1) is 10.1. The van der Waals surface area contributed by atoms with E-state index in [4.69, 9.17) is 11.6 Å². The predicted octanol–water partition coefficient (Wildman–Crippen LogP) is 3.32. The molecule has 0 atom stereocenters. The molecule has 1 aliphatic rings. The van der Waals surface area contributed by atoms with Crippen LogP contribution in [-0.4, -0.2) is 29.8 Å². The number of guanidine groups is 1. The van der Waals surface area contributed by atoms with Gasteiger partial charge in [-0.15, -0.1) is 24.0 Å². The third kappa shape index (κ3) is 5.93. The molecule has 1 aromatic rings. The quantitative estimate of drug-likeness (QED) is 0.376. The molecule has 0 saturated heterocycles. The Morgan fingerprint density at radius 1 is 1.27 bits per heavy atom. The van der Waals surface area contributed by atoms with Crippen LogP contribution in [-0.2, 0) is 6.54 Å². The molecule has 0 aromatic heterocycles. The smallest absolute Gasteiger partial charge is 0.191 e. The Hall–Kier alpha value is -0.530. The number of nitrogens with one attached hydrogen (secondary N) is 2. The van der Waals surface area contributed by atoms with E-state index in [-0.39, 0.29) is 24.0 Å². The van der Waals surface area contributed by atoms with Crippen LogP contribution in [0.4, 0.5) is 0 Å². The van der Waals surface area contributed by atoms with E-state index >= 15 is 0 Å². The summed E-state index contributed by atoms with van der Waals surface area (Å²) in [4.78, 5) is 4.54. The zero-order valence-electron chi connectivity index (χ0n) is 12.9. The number of halogens is 2. The molecule has 0 radical (unpaired) electrons. The lowest BCUT2D eigenvalue weighted by Gasteiger charge is -2.23. The molecule has 22 heavy (non-hydrogen) atoms. The summed E-state index contributed by atoms with van der Waals surface area (Å²) < 4.78 is 0. The number of hydrogen-bond donors (Lipinski definition) is 3. The van der Waals surface area contributed by atoms with E-state index in [0.29, 0.717) is 13.1 Å². The number of aliphatic hydroxyl groups is 1. The van der Waals surface area contributed by atoms with Crippen molar-refractivity contribution >= 4 is 41.5 Å². The van der Waals surface area contributed by atoms with Crippen molar-refractivity contribution in [3.63, 3.8) is 0 Å². The lowest BCUT2D eigenvalue weighted by Crippen LogP contribution is -2.46. The Morgan fingerprint density at radius 3 is 2.59 bits per heavy atom. The summed E-state index contributed by atoms with van der Waals surface area (Å²) in [5.74, 6) is 0.720. The number of rotatable bonds is 5. The fourth-order valence-electron chi connectivity index (χ4n) is 2.59. The molecule has 2 rings (SSSR count). The first-order valence-corrected chi connectivity index (χ1v) is 7.99. The minimum Gasteiger partial charge on any atom is -0.388 e. The van der Waals surface area contributed by atoms with Crippen molar-refractivity contribution in [2.75, 3.05) is 13.1 Å². The number of hydrogen-bond acceptors (Lipinski definition) is 2. The van der Waals surface area contributed by atoms with Gasteiger partial charge in [0.15, 0.2) is 5.96 Å². The third-order valence-corrected chi connectivity index (χ3v) is 4.20. The first-order valence-electron chi connectivity index (χ1n) is 7.61. The molecule has 0 spiro atoms. The molecule has 0 aliphatic heterocycles. The Bertz CT molecular complexity index is 490. The molecule has 1 saturated carbocycles. The van der Waals surface area contributed by atoms with Crippen LogP contribution in [0.2, 0.25) is 5.02 Å². The highest BCUT2D eigenvalue weighted by molar-refractivity contribution is 14.0. The zero-order chi connectivity index (χ0) is 15.1. The molecular formula is C16H25ClIN3O. The fraction of sp³-hybridized carbons (Fsp3) is 0.562. The van der Waals surface area contributed by atoms with Crippen LogP contribution in [0.1, 0.15) is 38.2 Å². The van der Waals surface area contributed by atoms with Gasteiger partial charge in [0.25, 0.3) is 0 Å². The van der Waals surface area contributed by atoms with Gasteiger partial charge in [0.1, 0.15) is 0 Å². The monoisotopic (exact) mass is 437 g/mol. The highest BCUT2D eigenvalue weighted by Crippen LogP contribution is 2.28. The molecule has 1 aliphatic carbocycles. The van der Waals surface area contributed by atoms with Crippen LogP contribution in [0.5, 0.6) is 0 Å². The van der Waals surface area contributed by atoms with E-state index in [0.717, 1.165) is 48.8 Å². The molecular weight excluding hydrogens is 413 g/mol. The van der Waals surface area contributed by atoms with Crippen LogP contribution < -0.4 is 10.6 Å². The number of benzene rings is 1. The van der Waals surface area contributed by atoms with Crippen molar-refractivity contribution in [1.29, 1.82) is 0 Å². The van der Waals surface area contributed by atoms with E-state index in [2.05, 4.69) is 15.6 Å². The topological polar surface area (TPSA) is 56.7 Å². The van der Waals surface area contributed by atoms with Crippen molar-refractivity contribution in [3.8, 4) is 0 Å². The molecule has 0 heterocycles. The van der Waals surface area contributed by atoms with Crippen molar-refractivity contribution < 1.29 is 5.11 Å². The van der Waals surface area contributed by atoms with E-state index in [9.17, 15) is 5.11 Å². The number of aliphatic imine (C=N–C) groups is 1. The van der Waals surface area contributed by atoms with Gasteiger partial charge in [0, 0.05) is 18.1 Å². The van der Waals surface area contributed by atoms with Gasteiger partial charge in [-0.1, -0.05) is 42.6 Å². The van der Waals surface area contributed by atoms with Crippen LogP contribution >= 0.6 is 35.6 Å². The first kappa shape index (κ1) is 19.5. The second-order valence-corrected chi connectivity index (χ2v) is 5.98. The molecule has 124 valence electrons. The maximum atomic E-state index is 10.4. The second kappa shape index (κ2) is 9.57. The van der Waals surface area contributed by atoms with Gasteiger partial charge in [0.2, 0.25) is 0 Å². The summed E-state index contributed by atoms with van der Waals surface area (Å²) in [5, 5.41) is 17.5. The Balaban J connectivity index is 0.00000242. The van der Waals surface area contributed by atoms with Crippen LogP contribution in [0.3, 0.4) is 0 Å². The van der Waals surface area contributed by atoms with Gasteiger partial charge in [-0.2, -0.15) is 0 Å². The summed E-state index contributed by atoms with van der Waals surface area (Å²) in [5.41, 5.74) is 0.413. The highest BCUT2D eigenvalue weighted by Gasteiger charge is 2.30. The van der Waals surface area contributed by atoms with Crippen molar-refractivity contribution in [3.05, 3.63) is 34.9 Å². The van der Waals surface area contributed by atoms with E-state index in [1.54, 1.807) is 0 Å². The van der Waals surface area contributed by atoms with Gasteiger partial charge in [-0.05, 0) is 31.4 Å². The van der Waals surface area contributed by atoms with Crippen LogP contribution in [0.15, 0.2) is 29.3 Å². The lowest BCUT2D eigenvalue weighted by molar-refractivity contribution is 0.0522. The summed E-state index contributed by atoms with van der Waals surface area (Å²) in [6.07, 6.45) is 3.94. The molecule has 1 fully saturated rings. The predicted molar refractivity (Wildman–Crippen MR) is 103 cm³/mol. The fourth-order valence-corrected chi connectivity index (χ4v) is 2.79. The van der Waals surface area contributed by atoms with E-state index in [1.807, 2.05) is 31.2 Å². The van der Waals surface area contributed by atoms with Crippen molar-refractivity contribution in [1.82, 2.24) is 10.6 Å². The van der Waals surface area contributed by atoms with Crippen LogP contribution in [0, 0.1) is 0 Å². The average Bonchev–Trinajstić information content (AvgIpc) is 2.91. The molecule has 0 bridgehead atoms. The second-order valence-electron chi connectivity index (χ2n) is 5.57. The summed E-state index contributed by atoms with van der Waals surface area (Å²) >= 11 is 6.14. The lowest BCUT2D eigenvalue weighted by atomic mass is 10.0. The van der Waals surface area contributed by atoms with Crippen molar-refractivity contribution in [2.45, 2.75) is 44.8 Å². The standard InChI is InChI=1S/C16H24ClN3O.HI/c1-2-18-15(20-12-16(21)9-5-6-10-16)19-11-13-7-3-4-8-14(13)17;/h3-4,7-8,21H,2,5-6,9-12H2,1H3,(H2,18,19,20);1H. The largest absolute Gasteiger partial charge is 0.388 e. The average molecular weight is 438 g/mol. The SMILES string of the molecule is CCNC(=NCc1ccccc1Cl)NCC1(O)CCCC1.I. The molecule has 4 nitrogen and oxygen atoms in total. The van der Waals surface area contributed by atoms with Crippen molar-refractivity contribution in [2.24, 2.45) is 4.99 Å². The Labute approximate surface area is 154 Å². The third-order valence-electron chi connectivity index (χ3n) is 3.83. The Kier molecular flexibility index (Phi) is 8.49. The number of nitrogens with zero attached hydrogens (tertiary/aromatic N) is 1. The minimum absolute atomic E-state index is 0. The zero-order valence-corrected chi connectivity index (χ0v) is 16.0.